The van der Waals surface area contributed by atoms with Crippen LogP contribution in [0.4, 0.5) is 34.6 Å². The third-order valence-corrected chi connectivity index (χ3v) is 3.20. The molecule has 112 valence electrons. The number of para-hydroxylation sites is 1. The van der Waals surface area contributed by atoms with Gasteiger partial charge in [-0.05, 0) is 28.1 Å². The Bertz CT molecular complexity index is 647. The minimum Gasteiger partial charge on any atom is -0.432 e. The lowest BCUT2D eigenvalue weighted by atomic mass is 10.2. The quantitative estimate of drug-likeness (QED) is 0.612. The first-order valence-electron chi connectivity index (χ1n) is 5.63. The number of rotatable bonds is 4. The van der Waals surface area contributed by atoms with E-state index in [0.717, 1.165) is 12.1 Å². The second-order valence-corrected chi connectivity index (χ2v) is 4.82. The summed E-state index contributed by atoms with van der Waals surface area (Å²) in [6.45, 7) is -3.18. The van der Waals surface area contributed by atoms with Crippen LogP contribution in [0, 0.1) is 11.6 Å². The number of nitrogens with one attached hydrogen (secondary N) is 1. The van der Waals surface area contributed by atoms with Gasteiger partial charge in [0.25, 0.3) is 0 Å². The molecule has 0 radical (unpaired) electrons. The maximum absolute atomic E-state index is 13.7. The van der Waals surface area contributed by atoms with Gasteiger partial charge in [-0.2, -0.15) is 8.78 Å². The van der Waals surface area contributed by atoms with Crippen LogP contribution >= 0.6 is 15.9 Å². The van der Waals surface area contributed by atoms with E-state index in [4.69, 9.17) is 5.73 Å². The number of nitrogen functional groups attached to an aromatic ring is 1. The van der Waals surface area contributed by atoms with Crippen molar-refractivity contribution in [3.8, 4) is 5.75 Å². The monoisotopic (exact) mass is 364 g/mol. The lowest BCUT2D eigenvalue weighted by Crippen LogP contribution is -2.06. The Morgan fingerprint density at radius 2 is 1.86 bits per heavy atom. The van der Waals surface area contributed by atoms with Crippen LogP contribution in [-0.4, -0.2) is 6.61 Å². The lowest BCUT2D eigenvalue weighted by Gasteiger charge is -2.14. The molecule has 0 fully saturated rings. The van der Waals surface area contributed by atoms with E-state index in [0.29, 0.717) is 4.47 Å². The highest BCUT2D eigenvalue weighted by Crippen LogP contribution is 2.34. The average molecular weight is 365 g/mol. The van der Waals surface area contributed by atoms with Crippen molar-refractivity contribution in [1.82, 2.24) is 0 Å². The highest BCUT2D eigenvalue weighted by atomic mass is 79.9. The molecule has 21 heavy (non-hydrogen) atoms. The zero-order valence-electron chi connectivity index (χ0n) is 10.3. The standard InChI is InChI=1S/C13H9BrF4N2O/c14-6-2-1-3-7(15)12(6)20-10-5-11(21-13(17)18)8(16)4-9(10)19/h1-5,13,20H,19H2. The summed E-state index contributed by atoms with van der Waals surface area (Å²) in [6, 6.07) is 6.00. The molecule has 2 aromatic carbocycles. The van der Waals surface area contributed by atoms with Crippen molar-refractivity contribution in [2.24, 2.45) is 0 Å². The van der Waals surface area contributed by atoms with Crippen molar-refractivity contribution in [3.63, 3.8) is 0 Å². The number of anilines is 3. The topological polar surface area (TPSA) is 47.3 Å². The first kappa shape index (κ1) is 15.4. The van der Waals surface area contributed by atoms with E-state index in [2.05, 4.69) is 26.0 Å². The molecule has 0 saturated heterocycles. The normalized spacial score (nSPS) is 10.8. The van der Waals surface area contributed by atoms with Crippen LogP contribution in [-0.2, 0) is 0 Å². The molecular weight excluding hydrogens is 356 g/mol. The molecule has 0 bridgehead atoms. The van der Waals surface area contributed by atoms with E-state index in [9.17, 15) is 17.6 Å². The Hall–Kier alpha value is -1.96. The van der Waals surface area contributed by atoms with Crippen molar-refractivity contribution >= 4 is 33.0 Å². The molecule has 0 aliphatic carbocycles. The predicted octanol–water partition coefficient (Wildman–Crippen LogP) is 4.65. The third kappa shape index (κ3) is 3.57. The van der Waals surface area contributed by atoms with Crippen LogP contribution in [0.2, 0.25) is 0 Å². The van der Waals surface area contributed by atoms with Gasteiger partial charge in [-0.25, -0.2) is 8.78 Å². The van der Waals surface area contributed by atoms with Gasteiger partial charge < -0.3 is 15.8 Å². The number of benzene rings is 2. The molecule has 0 heterocycles. The summed E-state index contributed by atoms with van der Waals surface area (Å²) in [5.74, 6) is -2.32. The van der Waals surface area contributed by atoms with E-state index < -0.39 is 24.0 Å². The zero-order chi connectivity index (χ0) is 15.6. The van der Waals surface area contributed by atoms with Gasteiger partial charge >= 0.3 is 6.61 Å². The Kier molecular flexibility index (Phi) is 4.56. The molecule has 0 atom stereocenters. The van der Waals surface area contributed by atoms with Gasteiger partial charge in [-0.15, -0.1) is 0 Å². The van der Waals surface area contributed by atoms with Crippen LogP contribution in [0.25, 0.3) is 0 Å². The number of halogens is 5. The summed E-state index contributed by atoms with van der Waals surface area (Å²) < 4.78 is 55.9. The summed E-state index contributed by atoms with van der Waals surface area (Å²) >= 11 is 3.13. The maximum atomic E-state index is 13.7. The van der Waals surface area contributed by atoms with E-state index >= 15 is 0 Å². The highest BCUT2D eigenvalue weighted by Gasteiger charge is 2.15. The molecule has 3 nitrogen and oxygen atoms in total. The molecule has 2 aromatic rings. The van der Waals surface area contributed by atoms with Crippen molar-refractivity contribution < 1.29 is 22.3 Å². The molecule has 0 spiro atoms. The SMILES string of the molecule is Nc1cc(F)c(OC(F)F)cc1Nc1c(F)cccc1Br. The molecule has 0 amide bonds. The van der Waals surface area contributed by atoms with Crippen molar-refractivity contribution in [3.05, 3.63) is 46.4 Å². The van der Waals surface area contributed by atoms with Crippen molar-refractivity contribution in [2.45, 2.75) is 6.61 Å². The summed E-state index contributed by atoms with van der Waals surface area (Å²) in [4.78, 5) is 0. The highest BCUT2D eigenvalue weighted by molar-refractivity contribution is 9.10. The van der Waals surface area contributed by atoms with Gasteiger partial charge in [0.2, 0.25) is 0 Å². The Balaban J connectivity index is 2.40. The molecule has 0 aliphatic rings. The Morgan fingerprint density at radius 3 is 2.48 bits per heavy atom. The van der Waals surface area contributed by atoms with E-state index in [1.807, 2.05) is 0 Å². The summed E-state index contributed by atoms with van der Waals surface area (Å²) in [6.07, 6.45) is 0. The van der Waals surface area contributed by atoms with Crippen molar-refractivity contribution in [2.75, 3.05) is 11.1 Å². The Labute approximate surface area is 125 Å². The van der Waals surface area contributed by atoms with Crippen LogP contribution < -0.4 is 15.8 Å². The fraction of sp³-hybridized carbons (Fsp3) is 0.0769. The van der Waals surface area contributed by atoms with Crippen LogP contribution in [0.3, 0.4) is 0 Å². The third-order valence-electron chi connectivity index (χ3n) is 2.54. The minimum absolute atomic E-state index is 0.0397. The van der Waals surface area contributed by atoms with Crippen LogP contribution in [0.15, 0.2) is 34.8 Å². The molecule has 0 aromatic heterocycles. The largest absolute Gasteiger partial charge is 0.432 e. The Morgan fingerprint density at radius 1 is 1.14 bits per heavy atom. The smallest absolute Gasteiger partial charge is 0.387 e. The molecule has 0 saturated carbocycles. The van der Waals surface area contributed by atoms with E-state index in [-0.39, 0.29) is 17.1 Å². The minimum atomic E-state index is -3.18. The van der Waals surface area contributed by atoms with Crippen LogP contribution in [0.5, 0.6) is 5.75 Å². The van der Waals surface area contributed by atoms with Gasteiger partial charge in [0.05, 0.1) is 17.1 Å². The maximum Gasteiger partial charge on any atom is 0.387 e. The lowest BCUT2D eigenvalue weighted by molar-refractivity contribution is -0.0521. The summed E-state index contributed by atoms with van der Waals surface area (Å²) in [5.41, 5.74) is 5.59. The van der Waals surface area contributed by atoms with Gasteiger partial charge in [-0.1, -0.05) is 6.07 Å². The van der Waals surface area contributed by atoms with Gasteiger partial charge in [-0.3, -0.25) is 0 Å². The molecule has 8 heteroatoms. The van der Waals surface area contributed by atoms with E-state index in [1.165, 1.54) is 12.1 Å². The average Bonchev–Trinajstić information content (AvgIpc) is 2.38. The second-order valence-electron chi connectivity index (χ2n) is 3.97. The summed E-state index contributed by atoms with van der Waals surface area (Å²) in [7, 11) is 0. The molecular formula is C13H9BrF4N2O. The second kappa shape index (κ2) is 6.21. The zero-order valence-corrected chi connectivity index (χ0v) is 11.9. The fourth-order valence-electron chi connectivity index (χ4n) is 1.62. The number of ether oxygens (including phenoxy) is 1. The van der Waals surface area contributed by atoms with E-state index in [1.54, 1.807) is 6.07 Å². The molecule has 2 rings (SSSR count). The molecule has 0 aliphatic heterocycles. The van der Waals surface area contributed by atoms with Crippen LogP contribution in [0.1, 0.15) is 0 Å². The first-order chi connectivity index (χ1) is 9.88. The number of hydrogen-bond acceptors (Lipinski definition) is 3. The fourth-order valence-corrected chi connectivity index (χ4v) is 2.06. The predicted molar refractivity (Wildman–Crippen MR) is 74.8 cm³/mol. The van der Waals surface area contributed by atoms with Gasteiger partial charge in [0, 0.05) is 16.6 Å². The van der Waals surface area contributed by atoms with Crippen molar-refractivity contribution in [1.29, 1.82) is 0 Å². The number of nitrogens with two attached hydrogens (primary N) is 1. The van der Waals surface area contributed by atoms with Gasteiger partial charge in [0.15, 0.2) is 11.6 Å². The van der Waals surface area contributed by atoms with Gasteiger partial charge in [0.1, 0.15) is 5.82 Å². The number of hydrogen-bond donors (Lipinski definition) is 2. The summed E-state index contributed by atoms with van der Waals surface area (Å²) in [5, 5.41) is 2.61. The molecule has 3 N–H and O–H groups in total. The first-order valence-corrected chi connectivity index (χ1v) is 6.42. The molecule has 0 unspecified atom stereocenters. The number of alkyl halides is 2.